The summed E-state index contributed by atoms with van der Waals surface area (Å²) in [5.74, 6) is 0.347. The van der Waals surface area contributed by atoms with Gasteiger partial charge in [0.05, 0.1) is 6.61 Å². The first-order valence-corrected chi connectivity index (χ1v) is 7.73. The standard InChI is InChI=1S/C15H22BrNO3/c1-11-6-13(16)7-12(14(11)19)8-17-9-15(2-4-18)3-5-20-10-15/h6-7,17-19H,2-5,8-10H2,1H3. The second kappa shape index (κ2) is 6.89. The molecular weight excluding hydrogens is 322 g/mol. The molecule has 0 saturated carbocycles. The zero-order chi connectivity index (χ0) is 14.6. The van der Waals surface area contributed by atoms with Crippen LogP contribution in [0.1, 0.15) is 24.0 Å². The minimum Gasteiger partial charge on any atom is -0.507 e. The van der Waals surface area contributed by atoms with Crippen molar-refractivity contribution in [2.75, 3.05) is 26.4 Å². The van der Waals surface area contributed by atoms with Gasteiger partial charge in [-0.3, -0.25) is 0 Å². The number of nitrogens with one attached hydrogen (secondary N) is 1. The molecule has 2 rings (SSSR count). The third-order valence-corrected chi connectivity index (χ3v) is 4.44. The number of phenolic OH excluding ortho intramolecular Hbond substituents is 1. The number of halogens is 1. The van der Waals surface area contributed by atoms with Crippen molar-refractivity contribution in [1.82, 2.24) is 5.32 Å². The minimum atomic E-state index is 0.0332. The van der Waals surface area contributed by atoms with E-state index in [0.717, 1.165) is 41.6 Å². The van der Waals surface area contributed by atoms with Crippen LogP contribution in [0.15, 0.2) is 16.6 Å². The molecule has 0 amide bonds. The predicted octanol–water partition coefficient (Wildman–Crippen LogP) is 2.34. The second-order valence-corrected chi connectivity index (χ2v) is 6.53. The summed E-state index contributed by atoms with van der Waals surface area (Å²) in [6, 6.07) is 3.83. The molecule has 1 heterocycles. The predicted molar refractivity (Wildman–Crippen MR) is 81.8 cm³/mol. The molecule has 1 aliphatic heterocycles. The van der Waals surface area contributed by atoms with Gasteiger partial charge in [-0.1, -0.05) is 15.9 Å². The van der Waals surface area contributed by atoms with Crippen LogP contribution in [0.2, 0.25) is 0 Å². The van der Waals surface area contributed by atoms with Crippen molar-refractivity contribution >= 4 is 15.9 Å². The zero-order valence-electron chi connectivity index (χ0n) is 11.8. The smallest absolute Gasteiger partial charge is 0.123 e. The van der Waals surface area contributed by atoms with Gasteiger partial charge >= 0.3 is 0 Å². The van der Waals surface area contributed by atoms with Gasteiger partial charge in [0, 0.05) is 41.8 Å². The lowest BCUT2D eigenvalue weighted by Crippen LogP contribution is -2.35. The average Bonchev–Trinajstić information content (AvgIpc) is 2.84. The van der Waals surface area contributed by atoms with E-state index >= 15 is 0 Å². The topological polar surface area (TPSA) is 61.7 Å². The van der Waals surface area contributed by atoms with Crippen LogP contribution in [0.25, 0.3) is 0 Å². The fourth-order valence-corrected chi connectivity index (χ4v) is 3.33. The Morgan fingerprint density at radius 3 is 2.90 bits per heavy atom. The van der Waals surface area contributed by atoms with E-state index in [9.17, 15) is 10.2 Å². The van der Waals surface area contributed by atoms with E-state index in [1.165, 1.54) is 0 Å². The Hall–Kier alpha value is -0.620. The van der Waals surface area contributed by atoms with Crippen molar-refractivity contribution in [1.29, 1.82) is 0 Å². The molecule has 0 aromatic heterocycles. The Labute approximate surface area is 128 Å². The van der Waals surface area contributed by atoms with Crippen LogP contribution in [0.3, 0.4) is 0 Å². The van der Waals surface area contributed by atoms with Crippen LogP contribution in [0.4, 0.5) is 0 Å². The summed E-state index contributed by atoms with van der Waals surface area (Å²) in [6.45, 7) is 4.94. The molecule has 1 saturated heterocycles. The third-order valence-electron chi connectivity index (χ3n) is 3.99. The number of ether oxygens (including phenoxy) is 1. The van der Waals surface area contributed by atoms with Gasteiger partial charge < -0.3 is 20.3 Å². The van der Waals surface area contributed by atoms with Gasteiger partial charge in [-0.25, -0.2) is 0 Å². The number of hydrogen-bond donors (Lipinski definition) is 3. The van der Waals surface area contributed by atoms with Crippen LogP contribution in [-0.4, -0.2) is 36.6 Å². The minimum absolute atomic E-state index is 0.0332. The molecule has 1 fully saturated rings. The number of aliphatic hydroxyl groups excluding tert-OH is 1. The van der Waals surface area contributed by atoms with Crippen molar-refractivity contribution in [2.24, 2.45) is 5.41 Å². The molecule has 1 aromatic rings. The number of aryl methyl sites for hydroxylation is 1. The van der Waals surface area contributed by atoms with Crippen LogP contribution < -0.4 is 5.32 Å². The van der Waals surface area contributed by atoms with Gasteiger partial charge in [0.1, 0.15) is 5.75 Å². The third kappa shape index (κ3) is 3.73. The first-order valence-electron chi connectivity index (χ1n) is 6.94. The Kier molecular flexibility index (Phi) is 5.43. The van der Waals surface area contributed by atoms with Gasteiger partial charge in [-0.2, -0.15) is 0 Å². The lowest BCUT2D eigenvalue weighted by Gasteiger charge is -2.27. The van der Waals surface area contributed by atoms with Crippen molar-refractivity contribution in [3.63, 3.8) is 0 Å². The summed E-state index contributed by atoms with van der Waals surface area (Å²) >= 11 is 3.45. The number of aliphatic hydroxyl groups is 1. The molecule has 0 bridgehead atoms. The molecule has 4 nitrogen and oxygen atoms in total. The summed E-state index contributed by atoms with van der Waals surface area (Å²) in [6.07, 6.45) is 1.73. The fraction of sp³-hybridized carbons (Fsp3) is 0.600. The number of rotatable bonds is 6. The fourth-order valence-electron chi connectivity index (χ4n) is 2.71. The average molecular weight is 344 g/mol. The Morgan fingerprint density at radius 1 is 1.45 bits per heavy atom. The Balaban J connectivity index is 1.95. The number of phenols is 1. The van der Waals surface area contributed by atoms with Crippen LogP contribution in [0, 0.1) is 12.3 Å². The maximum atomic E-state index is 10.1. The molecule has 0 radical (unpaired) electrons. The van der Waals surface area contributed by atoms with Crippen molar-refractivity contribution < 1.29 is 14.9 Å². The molecule has 1 unspecified atom stereocenters. The molecule has 0 aliphatic carbocycles. The van der Waals surface area contributed by atoms with E-state index < -0.39 is 0 Å². The monoisotopic (exact) mass is 343 g/mol. The second-order valence-electron chi connectivity index (χ2n) is 5.61. The van der Waals surface area contributed by atoms with E-state index in [4.69, 9.17) is 4.74 Å². The molecule has 1 atom stereocenters. The number of benzene rings is 1. The van der Waals surface area contributed by atoms with E-state index in [2.05, 4.69) is 21.2 Å². The quantitative estimate of drug-likeness (QED) is 0.741. The summed E-state index contributed by atoms with van der Waals surface area (Å²) in [7, 11) is 0. The first kappa shape index (κ1) is 15.8. The molecule has 20 heavy (non-hydrogen) atoms. The summed E-state index contributed by atoms with van der Waals surface area (Å²) in [5, 5.41) is 22.6. The van der Waals surface area contributed by atoms with Gasteiger partial charge in [0.2, 0.25) is 0 Å². The van der Waals surface area contributed by atoms with Crippen molar-refractivity contribution in [3.8, 4) is 5.75 Å². The lowest BCUT2D eigenvalue weighted by atomic mass is 9.84. The molecule has 0 spiro atoms. The summed E-state index contributed by atoms with van der Waals surface area (Å²) in [4.78, 5) is 0. The lowest BCUT2D eigenvalue weighted by molar-refractivity contribution is 0.124. The zero-order valence-corrected chi connectivity index (χ0v) is 13.4. The highest BCUT2D eigenvalue weighted by Crippen LogP contribution is 2.32. The van der Waals surface area contributed by atoms with Gasteiger partial charge in [-0.15, -0.1) is 0 Å². The SMILES string of the molecule is Cc1cc(Br)cc(CNCC2(CCO)CCOC2)c1O. The normalized spacial score (nSPS) is 22.4. The highest BCUT2D eigenvalue weighted by atomic mass is 79.9. The largest absolute Gasteiger partial charge is 0.507 e. The number of hydrogen-bond acceptors (Lipinski definition) is 4. The maximum Gasteiger partial charge on any atom is 0.123 e. The van der Waals surface area contributed by atoms with Gasteiger partial charge in [0.15, 0.2) is 0 Å². The highest BCUT2D eigenvalue weighted by molar-refractivity contribution is 9.10. The first-order chi connectivity index (χ1) is 9.56. The summed E-state index contributed by atoms with van der Waals surface area (Å²) in [5.41, 5.74) is 1.78. The Morgan fingerprint density at radius 2 is 2.25 bits per heavy atom. The Bertz CT molecular complexity index is 459. The summed E-state index contributed by atoms with van der Waals surface area (Å²) < 4.78 is 6.44. The van der Waals surface area contributed by atoms with Crippen LogP contribution >= 0.6 is 15.9 Å². The number of aromatic hydroxyl groups is 1. The molecule has 1 aromatic carbocycles. The molecule has 1 aliphatic rings. The van der Waals surface area contributed by atoms with E-state index in [-0.39, 0.29) is 12.0 Å². The molecule has 5 heteroatoms. The molecule has 3 N–H and O–H groups in total. The highest BCUT2D eigenvalue weighted by Gasteiger charge is 2.33. The van der Waals surface area contributed by atoms with Crippen molar-refractivity contribution in [3.05, 3.63) is 27.7 Å². The molecule has 112 valence electrons. The van der Waals surface area contributed by atoms with Crippen molar-refractivity contribution in [2.45, 2.75) is 26.3 Å². The maximum absolute atomic E-state index is 10.1. The van der Waals surface area contributed by atoms with Crippen LogP contribution in [-0.2, 0) is 11.3 Å². The van der Waals surface area contributed by atoms with E-state index in [0.29, 0.717) is 18.9 Å². The van der Waals surface area contributed by atoms with Gasteiger partial charge in [-0.05, 0) is 37.5 Å². The van der Waals surface area contributed by atoms with Gasteiger partial charge in [0.25, 0.3) is 0 Å². The van der Waals surface area contributed by atoms with E-state index in [1.807, 2.05) is 19.1 Å². The van der Waals surface area contributed by atoms with Crippen LogP contribution in [0.5, 0.6) is 5.75 Å². The molecular formula is C15H22BrNO3. The van der Waals surface area contributed by atoms with E-state index in [1.54, 1.807) is 0 Å².